The highest BCUT2D eigenvalue weighted by atomic mass is 16.7. The zero-order chi connectivity index (χ0) is 14.1. The van der Waals surface area contributed by atoms with Crippen molar-refractivity contribution in [1.82, 2.24) is 0 Å². The molecule has 6 atom stereocenters. The highest BCUT2D eigenvalue weighted by molar-refractivity contribution is 5.71. The number of aliphatic hydroxyl groups excluding tert-OH is 5. The Bertz CT molecular complexity index is 306. The number of hydrogen-bond acceptors (Lipinski definition) is 8. The molecule has 0 aliphatic carbocycles. The second-order valence-electron chi connectivity index (χ2n) is 4.09. The molecule has 1 saturated heterocycles. The summed E-state index contributed by atoms with van der Waals surface area (Å²) in [5.41, 5.74) is 0. The van der Waals surface area contributed by atoms with E-state index in [-0.39, 0.29) is 0 Å². The van der Waals surface area contributed by atoms with Crippen molar-refractivity contribution in [3.63, 3.8) is 0 Å². The maximum atomic E-state index is 10.8. The van der Waals surface area contributed by atoms with Crippen molar-refractivity contribution in [2.75, 3.05) is 13.2 Å². The van der Waals surface area contributed by atoms with Gasteiger partial charge in [-0.25, -0.2) is 0 Å². The minimum absolute atomic E-state index is 0.814. The number of aliphatic carboxylic acids is 1. The molecule has 9 heteroatoms. The third kappa shape index (κ3) is 2.34. The van der Waals surface area contributed by atoms with Gasteiger partial charge in [0.15, 0.2) is 0 Å². The van der Waals surface area contributed by atoms with Crippen molar-refractivity contribution in [3.05, 3.63) is 0 Å². The van der Waals surface area contributed by atoms with Crippen LogP contribution in [0, 0.1) is 5.92 Å². The van der Waals surface area contributed by atoms with E-state index in [9.17, 15) is 25.2 Å². The Morgan fingerprint density at radius 2 is 1.78 bits per heavy atom. The molecule has 0 saturated carbocycles. The molecule has 0 spiro atoms. The Morgan fingerprint density at radius 1 is 1.22 bits per heavy atom. The largest absolute Gasteiger partial charge is 0.481 e. The molecule has 0 aromatic rings. The predicted molar refractivity (Wildman–Crippen MR) is 53.1 cm³/mol. The van der Waals surface area contributed by atoms with Gasteiger partial charge in [-0.15, -0.1) is 0 Å². The number of carbonyl (C=O) groups is 1. The molecule has 0 bridgehead atoms. The summed E-state index contributed by atoms with van der Waals surface area (Å²) in [5.74, 6) is -6.42. The molecule has 1 aliphatic rings. The van der Waals surface area contributed by atoms with Gasteiger partial charge in [-0.2, -0.15) is 0 Å². The van der Waals surface area contributed by atoms with E-state index in [2.05, 4.69) is 0 Å². The van der Waals surface area contributed by atoms with Crippen molar-refractivity contribution in [2.45, 2.75) is 30.2 Å². The maximum absolute atomic E-state index is 10.8. The zero-order valence-corrected chi connectivity index (χ0v) is 9.25. The highest BCUT2D eigenvalue weighted by Crippen LogP contribution is 2.34. The van der Waals surface area contributed by atoms with E-state index in [4.69, 9.17) is 20.1 Å². The minimum atomic E-state index is -2.81. The fourth-order valence-corrected chi connectivity index (χ4v) is 1.85. The average Bonchev–Trinajstić information content (AvgIpc) is 2.32. The van der Waals surface area contributed by atoms with Crippen LogP contribution >= 0.6 is 0 Å². The average molecular weight is 268 g/mol. The van der Waals surface area contributed by atoms with Crippen molar-refractivity contribution in [1.29, 1.82) is 0 Å². The van der Waals surface area contributed by atoms with Gasteiger partial charge in [-0.3, -0.25) is 4.79 Å². The summed E-state index contributed by atoms with van der Waals surface area (Å²) >= 11 is 0. The van der Waals surface area contributed by atoms with E-state index >= 15 is 0 Å². The second-order valence-corrected chi connectivity index (χ2v) is 4.09. The molecule has 106 valence electrons. The van der Waals surface area contributed by atoms with E-state index in [0.29, 0.717) is 0 Å². The summed E-state index contributed by atoms with van der Waals surface area (Å²) in [6.45, 7) is -1.88. The molecule has 18 heavy (non-hydrogen) atoms. The summed E-state index contributed by atoms with van der Waals surface area (Å²) in [5, 5.41) is 65.1. The lowest BCUT2D eigenvalue weighted by molar-refractivity contribution is -0.366. The summed E-state index contributed by atoms with van der Waals surface area (Å²) in [4.78, 5) is 10.8. The van der Waals surface area contributed by atoms with Crippen LogP contribution in [0.25, 0.3) is 0 Å². The highest BCUT2D eigenvalue weighted by Gasteiger charge is 2.58. The molecule has 0 aromatic heterocycles. The quantitative estimate of drug-likeness (QED) is 0.267. The molecule has 0 amide bonds. The Labute approximate surface area is 101 Å². The van der Waals surface area contributed by atoms with Crippen molar-refractivity contribution in [2.24, 2.45) is 5.92 Å². The first-order chi connectivity index (χ1) is 8.29. The summed E-state index contributed by atoms with van der Waals surface area (Å²) in [7, 11) is 0. The van der Waals surface area contributed by atoms with E-state index < -0.39 is 55.3 Å². The van der Waals surface area contributed by atoms with E-state index in [1.807, 2.05) is 0 Å². The SMILES string of the molecule is O=C(O)C(CO)C1(O)O[C@H](CO)[C@@H](O)[C@H](O)[C@H]1O. The molecular formula is C9H16O9. The van der Waals surface area contributed by atoms with Gasteiger partial charge >= 0.3 is 5.97 Å². The molecule has 1 aliphatic heterocycles. The first-order valence-electron chi connectivity index (χ1n) is 5.18. The lowest BCUT2D eigenvalue weighted by Crippen LogP contribution is -2.69. The van der Waals surface area contributed by atoms with Crippen LogP contribution in [0.5, 0.6) is 0 Å². The third-order valence-electron chi connectivity index (χ3n) is 2.98. The Hall–Kier alpha value is -0.810. The van der Waals surface area contributed by atoms with Crippen LogP contribution < -0.4 is 0 Å². The van der Waals surface area contributed by atoms with Crippen LogP contribution in [0.2, 0.25) is 0 Å². The normalized spacial score (nSPS) is 42.6. The van der Waals surface area contributed by atoms with Crippen LogP contribution in [0.4, 0.5) is 0 Å². The monoisotopic (exact) mass is 268 g/mol. The Kier molecular flexibility index (Phi) is 4.61. The van der Waals surface area contributed by atoms with Gasteiger partial charge < -0.3 is 40.5 Å². The van der Waals surface area contributed by atoms with Gasteiger partial charge in [-0.05, 0) is 0 Å². The molecule has 0 radical (unpaired) electrons. The predicted octanol–water partition coefficient (Wildman–Crippen LogP) is -4.16. The molecule has 1 fully saturated rings. The number of hydrogen-bond donors (Lipinski definition) is 7. The van der Waals surface area contributed by atoms with Gasteiger partial charge in [0.05, 0.1) is 13.2 Å². The van der Waals surface area contributed by atoms with Gasteiger partial charge in [0, 0.05) is 0 Å². The first-order valence-corrected chi connectivity index (χ1v) is 5.18. The lowest BCUT2D eigenvalue weighted by Gasteiger charge is -2.47. The number of aliphatic hydroxyl groups is 6. The maximum Gasteiger partial charge on any atom is 0.314 e. The molecule has 0 aromatic carbocycles. The summed E-state index contributed by atoms with van der Waals surface area (Å²) in [6.07, 6.45) is -7.25. The molecule has 1 heterocycles. The van der Waals surface area contributed by atoms with E-state index in [1.54, 1.807) is 0 Å². The van der Waals surface area contributed by atoms with E-state index in [0.717, 1.165) is 0 Å². The lowest BCUT2D eigenvalue weighted by atomic mass is 9.85. The minimum Gasteiger partial charge on any atom is -0.481 e. The van der Waals surface area contributed by atoms with Crippen molar-refractivity contribution in [3.8, 4) is 0 Å². The molecule has 1 rings (SSSR count). The van der Waals surface area contributed by atoms with E-state index in [1.165, 1.54) is 0 Å². The van der Waals surface area contributed by atoms with Crippen LogP contribution in [0.1, 0.15) is 0 Å². The van der Waals surface area contributed by atoms with Crippen LogP contribution in [-0.2, 0) is 9.53 Å². The summed E-state index contributed by atoms with van der Waals surface area (Å²) < 4.78 is 4.74. The van der Waals surface area contributed by atoms with Gasteiger partial charge in [-0.1, -0.05) is 0 Å². The molecular weight excluding hydrogens is 252 g/mol. The second kappa shape index (κ2) is 5.45. The van der Waals surface area contributed by atoms with Crippen molar-refractivity contribution >= 4 is 5.97 Å². The number of rotatable bonds is 4. The molecule has 9 nitrogen and oxygen atoms in total. The van der Waals surface area contributed by atoms with Crippen LogP contribution in [0.3, 0.4) is 0 Å². The van der Waals surface area contributed by atoms with Gasteiger partial charge in [0.25, 0.3) is 0 Å². The number of carboxylic acid groups (broad SMARTS) is 1. The smallest absolute Gasteiger partial charge is 0.314 e. The summed E-state index contributed by atoms with van der Waals surface area (Å²) in [6, 6.07) is 0. The Balaban J connectivity index is 3.08. The zero-order valence-electron chi connectivity index (χ0n) is 9.25. The fourth-order valence-electron chi connectivity index (χ4n) is 1.85. The third-order valence-corrected chi connectivity index (χ3v) is 2.98. The van der Waals surface area contributed by atoms with Crippen LogP contribution in [-0.4, -0.2) is 85.1 Å². The van der Waals surface area contributed by atoms with Gasteiger partial charge in [0.1, 0.15) is 30.3 Å². The molecule has 7 N–H and O–H groups in total. The molecule has 2 unspecified atom stereocenters. The Morgan fingerprint density at radius 3 is 2.17 bits per heavy atom. The first kappa shape index (κ1) is 15.2. The number of carboxylic acids is 1. The fraction of sp³-hybridized carbons (Fsp3) is 0.889. The van der Waals surface area contributed by atoms with Gasteiger partial charge in [0.2, 0.25) is 5.79 Å². The van der Waals surface area contributed by atoms with Crippen LogP contribution in [0.15, 0.2) is 0 Å². The van der Waals surface area contributed by atoms with Crippen molar-refractivity contribution < 1.29 is 45.3 Å². The standard InChI is InChI=1S/C9H16O9/c10-1-3(8(15)16)9(17)7(14)6(13)5(12)4(2-11)18-9/h3-7,10-14,17H,1-2H2,(H,15,16)/t3?,4-,5-,6+,7-,9?/m1/s1. The number of ether oxygens (including phenoxy) is 1. The topological polar surface area (TPSA) is 168 Å².